The van der Waals surface area contributed by atoms with E-state index >= 15 is 8.78 Å². The largest absolute Gasteiger partial charge is 0.465 e. The van der Waals surface area contributed by atoms with Crippen molar-refractivity contribution in [2.24, 2.45) is 17.3 Å². The van der Waals surface area contributed by atoms with Crippen molar-refractivity contribution in [2.75, 3.05) is 13.2 Å². The molecule has 1 amide bonds. The minimum atomic E-state index is -2.96. The number of hydrogen-bond donors (Lipinski definition) is 2. The van der Waals surface area contributed by atoms with E-state index in [-0.39, 0.29) is 43.0 Å². The van der Waals surface area contributed by atoms with Crippen LogP contribution in [0.1, 0.15) is 89.1 Å². The third-order valence-electron chi connectivity index (χ3n) is 11.2. The maximum Gasteiger partial charge on any atom is 0.333 e. The Hall–Kier alpha value is -5.13. The number of nitrogens with zero attached hydrogens (tertiary/aromatic N) is 3. The van der Waals surface area contributed by atoms with Gasteiger partial charge in [-0.25, -0.2) is 18.5 Å². The van der Waals surface area contributed by atoms with E-state index in [9.17, 15) is 28.3 Å². The second-order valence-corrected chi connectivity index (χ2v) is 19.5. The van der Waals surface area contributed by atoms with Crippen LogP contribution in [0.25, 0.3) is 22.4 Å². The van der Waals surface area contributed by atoms with Gasteiger partial charge in [-0.2, -0.15) is 13.9 Å². The van der Waals surface area contributed by atoms with Gasteiger partial charge in [0.15, 0.2) is 0 Å². The Balaban J connectivity index is 1.26. The van der Waals surface area contributed by atoms with Crippen LogP contribution < -0.4 is 5.43 Å². The number of nitrogens with one attached hydrogen (secondary N) is 1. The average molecular weight is 997 g/mol. The fraction of sp³-hybridized carbons (Fsp3) is 0.388. The molecule has 15 heteroatoms. The smallest absolute Gasteiger partial charge is 0.333 e. The van der Waals surface area contributed by atoms with Crippen molar-refractivity contribution in [3.63, 3.8) is 0 Å². The molecule has 1 heterocycles. The third kappa shape index (κ3) is 12.4. The molecule has 5 aromatic rings. The Morgan fingerprint density at radius 1 is 0.859 bits per heavy atom. The summed E-state index contributed by atoms with van der Waals surface area (Å²) in [7, 11) is 0. The van der Waals surface area contributed by atoms with Crippen molar-refractivity contribution in [2.45, 2.75) is 91.5 Å². The number of aliphatic hydroxyl groups excluding tert-OH is 1. The second-order valence-electron chi connectivity index (χ2n) is 18.2. The molecule has 0 fully saturated rings. The summed E-state index contributed by atoms with van der Waals surface area (Å²) in [4.78, 5) is 41.3. The molecule has 64 heavy (non-hydrogen) atoms. The Bertz CT molecular complexity index is 2380. The molecule has 1 aromatic heterocycles. The van der Waals surface area contributed by atoms with Crippen LogP contribution in [0, 0.1) is 32.5 Å². The van der Waals surface area contributed by atoms with Gasteiger partial charge >= 0.3 is 18.5 Å². The number of fused-ring (bicyclic) bond motifs is 3. The normalized spacial score (nSPS) is 14.2. The lowest BCUT2D eigenvalue weighted by atomic mass is 9.78. The molecular weight excluding hydrogens is 943 g/mol. The fourth-order valence-corrected chi connectivity index (χ4v) is 8.31. The van der Waals surface area contributed by atoms with Gasteiger partial charge in [-0.05, 0) is 113 Å². The molecule has 0 radical (unpaired) electrons. The minimum Gasteiger partial charge on any atom is -0.465 e. The predicted molar refractivity (Wildman–Crippen MR) is 242 cm³/mol. The van der Waals surface area contributed by atoms with Crippen molar-refractivity contribution in [3.8, 4) is 22.4 Å². The molecule has 3 atom stereocenters. The van der Waals surface area contributed by atoms with E-state index in [0.717, 1.165) is 54.7 Å². The molecule has 0 spiro atoms. The van der Waals surface area contributed by atoms with Crippen LogP contribution in [0.5, 0.6) is 0 Å². The van der Waals surface area contributed by atoms with Crippen molar-refractivity contribution in [1.82, 2.24) is 20.2 Å². The van der Waals surface area contributed by atoms with Gasteiger partial charge in [0, 0.05) is 45.8 Å². The van der Waals surface area contributed by atoms with Crippen molar-refractivity contribution >= 4 is 40.4 Å². The van der Waals surface area contributed by atoms with Crippen LogP contribution in [0.2, 0.25) is 0 Å². The van der Waals surface area contributed by atoms with Crippen LogP contribution in [-0.4, -0.2) is 62.6 Å². The molecule has 2 N–H and O–H groups in total. The summed E-state index contributed by atoms with van der Waals surface area (Å²) in [6.45, 7) is 6.55. The van der Waals surface area contributed by atoms with Crippen molar-refractivity contribution in [3.05, 3.63) is 135 Å². The highest BCUT2D eigenvalue weighted by atomic mass is 127. The van der Waals surface area contributed by atoms with Gasteiger partial charge in [0.25, 0.3) is 0 Å². The zero-order valence-corrected chi connectivity index (χ0v) is 38.7. The van der Waals surface area contributed by atoms with Crippen LogP contribution in [0.4, 0.5) is 17.6 Å². The van der Waals surface area contributed by atoms with Crippen LogP contribution in [0.3, 0.4) is 0 Å². The molecule has 0 saturated heterocycles. The lowest BCUT2D eigenvalue weighted by Crippen LogP contribution is -2.51. The van der Waals surface area contributed by atoms with Crippen molar-refractivity contribution < 1.29 is 46.5 Å². The number of carbonyl (C=O) groups excluding carboxylic acids is 3. The molecule has 1 aliphatic rings. The zero-order chi connectivity index (χ0) is 46.5. The molecule has 0 bridgehead atoms. The van der Waals surface area contributed by atoms with Gasteiger partial charge in [0.2, 0.25) is 5.91 Å². The van der Waals surface area contributed by atoms with Crippen LogP contribution in [0.15, 0.2) is 97.2 Å². The predicted octanol–water partition coefficient (Wildman–Crippen LogP) is 10.0. The molecule has 0 aliphatic heterocycles. The number of halogens is 5. The highest BCUT2D eigenvalue weighted by Gasteiger charge is 2.37. The van der Waals surface area contributed by atoms with Gasteiger partial charge in [0.1, 0.15) is 23.8 Å². The summed E-state index contributed by atoms with van der Waals surface area (Å²) in [5.41, 5.74) is 5.38. The van der Waals surface area contributed by atoms with Gasteiger partial charge in [-0.3, -0.25) is 19.8 Å². The van der Waals surface area contributed by atoms with Gasteiger partial charge in [0.05, 0.1) is 30.6 Å². The van der Waals surface area contributed by atoms with E-state index in [1.165, 1.54) is 6.07 Å². The first-order valence-electron chi connectivity index (χ1n) is 21.0. The molecule has 340 valence electrons. The van der Waals surface area contributed by atoms with Gasteiger partial charge in [-0.15, -0.1) is 0 Å². The van der Waals surface area contributed by atoms with E-state index in [0.29, 0.717) is 4.68 Å². The number of aliphatic hydroxyl groups is 1. The topological polar surface area (TPSA) is 123 Å². The van der Waals surface area contributed by atoms with E-state index in [1.54, 1.807) is 41.5 Å². The molecule has 10 nitrogen and oxygen atoms in total. The van der Waals surface area contributed by atoms with Crippen LogP contribution >= 0.6 is 22.6 Å². The Morgan fingerprint density at radius 2 is 1.45 bits per heavy atom. The number of hydrazine groups is 1. The Labute approximate surface area is 384 Å². The molecule has 0 unspecified atom stereocenters. The van der Waals surface area contributed by atoms with Gasteiger partial charge < -0.3 is 14.6 Å². The summed E-state index contributed by atoms with van der Waals surface area (Å²) in [5.74, 6) is -6.01. The first-order valence-corrected chi connectivity index (χ1v) is 22.1. The zero-order valence-electron chi connectivity index (χ0n) is 36.6. The lowest BCUT2D eigenvalue weighted by molar-refractivity contribution is -0.157. The molecule has 6 rings (SSSR count). The quantitative estimate of drug-likeness (QED) is 0.0409. The number of aromatic nitrogens is 2. The highest BCUT2D eigenvalue weighted by Crippen LogP contribution is 2.44. The molecule has 1 aliphatic carbocycles. The van der Waals surface area contributed by atoms with E-state index < -0.39 is 83.6 Å². The molecule has 4 aromatic carbocycles. The first kappa shape index (κ1) is 48.3. The van der Waals surface area contributed by atoms with Crippen molar-refractivity contribution in [1.29, 1.82) is 0 Å². The molecule has 0 saturated carbocycles. The SMILES string of the molecule is CC(C)(C)OC(=O)C[C@@H](Cc1ccc(I)cc1)[C@@H](O)CN(Cc1c(F)cc(-c2ccn(C(F)F)n2)cc1F)NC(=O)[C@@H](CC(=O)OCC1c2ccccc2-c2ccccc21)C(C)(C)C. The maximum absolute atomic E-state index is 16.0. The monoisotopic (exact) mass is 996 g/mol. The fourth-order valence-electron chi connectivity index (χ4n) is 7.95. The maximum atomic E-state index is 16.0. The average Bonchev–Trinajstić information content (AvgIpc) is 3.84. The number of ether oxygens (including phenoxy) is 2. The van der Waals surface area contributed by atoms with Crippen LogP contribution in [-0.2, 0) is 36.8 Å². The number of hydrogen-bond acceptors (Lipinski definition) is 8. The summed E-state index contributed by atoms with van der Waals surface area (Å²) < 4.78 is 71.3. The lowest BCUT2D eigenvalue weighted by Gasteiger charge is -2.34. The summed E-state index contributed by atoms with van der Waals surface area (Å²) >= 11 is 2.17. The Morgan fingerprint density at radius 3 is 2.00 bits per heavy atom. The van der Waals surface area contributed by atoms with E-state index in [4.69, 9.17) is 9.47 Å². The van der Waals surface area contributed by atoms with E-state index in [1.807, 2.05) is 72.8 Å². The minimum absolute atomic E-state index is 0.0419. The summed E-state index contributed by atoms with van der Waals surface area (Å²) in [6, 6.07) is 26.4. The number of benzene rings is 4. The number of amides is 1. The third-order valence-corrected chi connectivity index (χ3v) is 11.9. The number of rotatable bonds is 17. The molecular formula is C49H53F4IN4O6. The van der Waals surface area contributed by atoms with Gasteiger partial charge in [-0.1, -0.05) is 81.4 Å². The number of alkyl halides is 2. The first-order chi connectivity index (χ1) is 30.2. The second kappa shape index (κ2) is 20.4. The van der Waals surface area contributed by atoms with E-state index in [2.05, 4.69) is 33.1 Å². The number of esters is 2. The number of carbonyl (C=O) groups is 3. The summed E-state index contributed by atoms with van der Waals surface area (Å²) in [5, 5.41) is 16.8. The Kier molecular flexibility index (Phi) is 15.4. The summed E-state index contributed by atoms with van der Waals surface area (Å²) in [6.07, 6.45) is -0.722. The standard InChI is InChI=1S/C49H53F4IN4O6/c1-48(2,3)39(25-44(60)63-28-38-35-13-9-7-11-33(35)34-12-8-10-14-36(34)38)46(62)56-57(26-37-40(50)22-30(23-41(37)51)42-19-20-58(55-42)47(52)53)27-43(59)31(24-45(61)64-49(4,5)6)21-29-15-17-32(54)18-16-29/h7-20,22-23,31,38-39,43,47,59H,21,24-28H2,1-6H3,(H,56,62)/t31-,39-,43+/m1/s1. The highest BCUT2D eigenvalue weighted by molar-refractivity contribution is 14.1.